The van der Waals surface area contributed by atoms with Gasteiger partial charge in [-0.05, 0) is 37.3 Å². The van der Waals surface area contributed by atoms with Crippen LogP contribution < -0.4 is 9.47 Å². The number of aldehydes is 1. The lowest BCUT2D eigenvalue weighted by molar-refractivity contribution is 0.111. The molecule has 0 saturated carbocycles. The molecule has 0 heterocycles. The van der Waals surface area contributed by atoms with Gasteiger partial charge in [0, 0.05) is 10.6 Å². The summed E-state index contributed by atoms with van der Waals surface area (Å²) in [6.45, 7) is 2.32. The molecule has 0 amide bonds. The van der Waals surface area contributed by atoms with E-state index in [2.05, 4.69) is 0 Å². The lowest BCUT2D eigenvalue weighted by atomic mass is 10.2. The van der Waals surface area contributed by atoms with Crippen molar-refractivity contribution in [2.24, 2.45) is 0 Å². The van der Waals surface area contributed by atoms with Crippen LogP contribution in [0.3, 0.4) is 0 Å². The van der Waals surface area contributed by atoms with Crippen molar-refractivity contribution in [3.8, 4) is 11.5 Å². The molecule has 0 fully saturated rings. The van der Waals surface area contributed by atoms with Crippen molar-refractivity contribution in [2.45, 2.75) is 13.5 Å². The molecule has 110 valence electrons. The van der Waals surface area contributed by atoms with Crippen LogP contribution in [0.2, 0.25) is 5.02 Å². The topological polar surface area (TPSA) is 35.5 Å². The van der Waals surface area contributed by atoms with Gasteiger partial charge >= 0.3 is 0 Å². The third-order valence-corrected chi connectivity index (χ3v) is 3.18. The number of para-hydroxylation sites is 1. The van der Waals surface area contributed by atoms with Gasteiger partial charge < -0.3 is 9.47 Å². The first-order valence-electron chi connectivity index (χ1n) is 6.43. The van der Waals surface area contributed by atoms with E-state index < -0.39 is 5.82 Å². The highest BCUT2D eigenvalue weighted by Gasteiger charge is 2.12. The molecule has 5 heteroatoms. The van der Waals surface area contributed by atoms with Gasteiger partial charge in [-0.2, -0.15) is 0 Å². The van der Waals surface area contributed by atoms with Gasteiger partial charge in [-0.15, -0.1) is 0 Å². The van der Waals surface area contributed by atoms with Crippen molar-refractivity contribution < 1.29 is 18.7 Å². The number of hydrogen-bond acceptors (Lipinski definition) is 3. The van der Waals surface area contributed by atoms with E-state index in [0.717, 1.165) is 0 Å². The van der Waals surface area contributed by atoms with E-state index in [-0.39, 0.29) is 6.61 Å². The molecule has 0 atom stereocenters. The zero-order valence-corrected chi connectivity index (χ0v) is 12.2. The number of halogens is 2. The minimum atomic E-state index is -0.397. The predicted molar refractivity (Wildman–Crippen MR) is 78.7 cm³/mol. The molecule has 0 N–H and O–H groups in total. The van der Waals surface area contributed by atoms with Crippen LogP contribution in [0.5, 0.6) is 11.5 Å². The Morgan fingerprint density at radius 3 is 2.76 bits per heavy atom. The Hall–Kier alpha value is -2.07. The summed E-state index contributed by atoms with van der Waals surface area (Å²) >= 11 is 5.99. The highest BCUT2D eigenvalue weighted by molar-refractivity contribution is 6.31. The summed E-state index contributed by atoms with van der Waals surface area (Å²) in [6, 6.07) is 9.07. The molecule has 0 spiro atoms. The van der Waals surface area contributed by atoms with Crippen LogP contribution in [0.25, 0.3) is 0 Å². The first-order chi connectivity index (χ1) is 10.2. The van der Waals surface area contributed by atoms with E-state index in [4.69, 9.17) is 21.1 Å². The van der Waals surface area contributed by atoms with Gasteiger partial charge in [0.05, 0.1) is 12.2 Å². The molecule has 0 aliphatic rings. The molecule has 3 nitrogen and oxygen atoms in total. The molecule has 0 radical (unpaired) electrons. The Labute approximate surface area is 127 Å². The van der Waals surface area contributed by atoms with Gasteiger partial charge in [-0.1, -0.05) is 17.7 Å². The third kappa shape index (κ3) is 3.73. The Morgan fingerprint density at radius 2 is 2.05 bits per heavy atom. The van der Waals surface area contributed by atoms with Gasteiger partial charge in [0.2, 0.25) is 0 Å². The van der Waals surface area contributed by atoms with Crippen molar-refractivity contribution in [1.82, 2.24) is 0 Å². The van der Waals surface area contributed by atoms with Crippen LogP contribution in [0, 0.1) is 5.82 Å². The van der Waals surface area contributed by atoms with Crippen molar-refractivity contribution in [3.05, 3.63) is 58.4 Å². The molecule has 0 saturated heterocycles. The monoisotopic (exact) mass is 308 g/mol. The van der Waals surface area contributed by atoms with Gasteiger partial charge in [-0.25, -0.2) is 4.39 Å². The summed E-state index contributed by atoms with van der Waals surface area (Å²) in [7, 11) is 0. The van der Waals surface area contributed by atoms with Gasteiger partial charge in [0.1, 0.15) is 12.4 Å². The maximum Gasteiger partial charge on any atom is 0.172 e. The second kappa shape index (κ2) is 7.09. The van der Waals surface area contributed by atoms with Crippen molar-refractivity contribution in [1.29, 1.82) is 0 Å². The van der Waals surface area contributed by atoms with E-state index in [1.165, 1.54) is 18.2 Å². The highest BCUT2D eigenvalue weighted by Crippen LogP contribution is 2.31. The fourth-order valence-electron chi connectivity index (χ4n) is 1.85. The van der Waals surface area contributed by atoms with Crippen LogP contribution >= 0.6 is 11.6 Å². The van der Waals surface area contributed by atoms with Gasteiger partial charge in [0.25, 0.3) is 0 Å². The van der Waals surface area contributed by atoms with E-state index in [1.54, 1.807) is 18.2 Å². The molecule has 2 aromatic rings. The summed E-state index contributed by atoms with van der Waals surface area (Å²) in [4.78, 5) is 11.1. The number of ether oxygens (including phenoxy) is 2. The average molecular weight is 309 g/mol. The quantitative estimate of drug-likeness (QED) is 0.748. The molecule has 21 heavy (non-hydrogen) atoms. The molecule has 0 aliphatic carbocycles. The maximum absolute atomic E-state index is 13.2. The molecule has 2 aromatic carbocycles. The van der Waals surface area contributed by atoms with Crippen molar-refractivity contribution >= 4 is 17.9 Å². The largest absolute Gasteiger partial charge is 0.490 e. The summed E-state index contributed by atoms with van der Waals surface area (Å²) in [5, 5.41) is 0.401. The first-order valence-corrected chi connectivity index (χ1v) is 6.81. The zero-order valence-electron chi connectivity index (χ0n) is 11.4. The molecule has 0 aromatic heterocycles. The number of hydrogen-bond donors (Lipinski definition) is 0. The fraction of sp³-hybridized carbons (Fsp3) is 0.188. The molecule has 0 aliphatic heterocycles. The summed E-state index contributed by atoms with van der Waals surface area (Å²) in [6.07, 6.45) is 0.686. The van der Waals surface area contributed by atoms with E-state index in [0.29, 0.717) is 40.5 Å². The Kier molecular flexibility index (Phi) is 5.17. The molecular weight excluding hydrogens is 295 g/mol. The van der Waals surface area contributed by atoms with Gasteiger partial charge in [0.15, 0.2) is 17.8 Å². The fourth-order valence-corrected chi connectivity index (χ4v) is 2.03. The third-order valence-electron chi connectivity index (χ3n) is 2.82. The standard InChI is InChI=1S/C16H14ClFO3/c1-2-20-15-5-3-4-11(9-19)16(15)21-10-12-8-13(18)6-7-14(12)17/h3-9H,2,10H2,1H3. The minimum Gasteiger partial charge on any atom is -0.490 e. The van der Waals surface area contributed by atoms with Gasteiger partial charge in [-0.3, -0.25) is 4.79 Å². The molecule has 0 bridgehead atoms. The lowest BCUT2D eigenvalue weighted by Crippen LogP contribution is -2.03. The number of benzene rings is 2. The number of carbonyl (C=O) groups is 1. The Morgan fingerprint density at radius 1 is 1.24 bits per heavy atom. The van der Waals surface area contributed by atoms with Crippen LogP contribution in [0.4, 0.5) is 4.39 Å². The Balaban J connectivity index is 2.26. The summed E-state index contributed by atoms with van der Waals surface area (Å²) in [5.41, 5.74) is 0.869. The van der Waals surface area contributed by atoms with E-state index in [1.807, 2.05) is 6.92 Å². The minimum absolute atomic E-state index is 0.0432. The second-order valence-electron chi connectivity index (χ2n) is 4.25. The first kappa shape index (κ1) is 15.3. The summed E-state index contributed by atoms with van der Waals surface area (Å²) in [5.74, 6) is 0.399. The van der Waals surface area contributed by atoms with Crippen molar-refractivity contribution in [3.63, 3.8) is 0 Å². The predicted octanol–water partition coefficient (Wildman–Crippen LogP) is 4.27. The highest BCUT2D eigenvalue weighted by atomic mass is 35.5. The average Bonchev–Trinajstić information content (AvgIpc) is 2.49. The molecule has 2 rings (SSSR count). The SMILES string of the molecule is CCOc1cccc(C=O)c1OCc1cc(F)ccc1Cl. The second-order valence-corrected chi connectivity index (χ2v) is 4.66. The lowest BCUT2D eigenvalue weighted by Gasteiger charge is -2.14. The zero-order chi connectivity index (χ0) is 15.2. The van der Waals surface area contributed by atoms with Crippen molar-refractivity contribution in [2.75, 3.05) is 6.61 Å². The normalized spacial score (nSPS) is 10.2. The van der Waals surface area contributed by atoms with E-state index >= 15 is 0 Å². The Bertz CT molecular complexity index is 643. The molecule has 0 unspecified atom stereocenters. The van der Waals surface area contributed by atoms with E-state index in [9.17, 15) is 9.18 Å². The van der Waals surface area contributed by atoms with Crippen LogP contribution in [0.1, 0.15) is 22.8 Å². The number of rotatable bonds is 6. The maximum atomic E-state index is 13.2. The number of carbonyl (C=O) groups excluding carboxylic acids is 1. The van der Waals surface area contributed by atoms with Crippen LogP contribution in [-0.2, 0) is 6.61 Å². The van der Waals surface area contributed by atoms with Crippen LogP contribution in [0.15, 0.2) is 36.4 Å². The summed E-state index contributed by atoms with van der Waals surface area (Å²) < 4.78 is 24.3. The van der Waals surface area contributed by atoms with Crippen LogP contribution in [-0.4, -0.2) is 12.9 Å². The molecular formula is C16H14ClFO3. The smallest absolute Gasteiger partial charge is 0.172 e.